The second kappa shape index (κ2) is 10.6. The molecule has 1 saturated carbocycles. The van der Waals surface area contributed by atoms with Crippen LogP contribution in [0.15, 0.2) is 36.5 Å². The van der Waals surface area contributed by atoms with Crippen LogP contribution in [0.1, 0.15) is 43.5 Å². The van der Waals surface area contributed by atoms with Gasteiger partial charge in [-0.15, -0.1) is 0 Å². The van der Waals surface area contributed by atoms with Gasteiger partial charge in [0.05, 0.1) is 26.3 Å². The Kier molecular flexibility index (Phi) is 7.60. The van der Waals surface area contributed by atoms with Crippen molar-refractivity contribution in [2.45, 2.75) is 45.3 Å². The van der Waals surface area contributed by atoms with E-state index >= 15 is 0 Å². The number of aromatic nitrogens is 1. The molecular formula is C27H35N3O5. The van der Waals surface area contributed by atoms with Crippen LogP contribution in [0.5, 0.6) is 11.6 Å². The number of aliphatic hydroxyl groups is 1. The number of ether oxygens (including phenoxy) is 2. The third kappa shape index (κ3) is 5.27. The zero-order chi connectivity index (χ0) is 25.1. The molecule has 0 radical (unpaired) electrons. The number of carbonyl (C=O) groups excluding carboxylic acids is 2. The number of fused-ring (bicyclic) bond motifs is 1. The summed E-state index contributed by atoms with van der Waals surface area (Å²) in [6.07, 6.45) is 4.34. The van der Waals surface area contributed by atoms with Gasteiger partial charge in [0.25, 0.3) is 5.91 Å². The van der Waals surface area contributed by atoms with E-state index in [1.807, 2.05) is 45.2 Å². The molecule has 0 saturated heterocycles. The van der Waals surface area contributed by atoms with Gasteiger partial charge in [-0.05, 0) is 43.5 Å². The molecule has 1 fully saturated rings. The van der Waals surface area contributed by atoms with Gasteiger partial charge in [0, 0.05) is 37.2 Å². The molecule has 35 heavy (non-hydrogen) atoms. The number of hydrogen-bond donors (Lipinski definition) is 1. The lowest BCUT2D eigenvalue weighted by atomic mass is 9.84. The van der Waals surface area contributed by atoms with Crippen molar-refractivity contribution in [3.05, 3.63) is 42.1 Å². The first kappa shape index (κ1) is 25.0. The maximum Gasteiger partial charge on any atom is 0.259 e. The van der Waals surface area contributed by atoms with Crippen LogP contribution in [0.4, 0.5) is 0 Å². The molecule has 2 heterocycles. The van der Waals surface area contributed by atoms with Gasteiger partial charge in [-0.1, -0.05) is 25.5 Å². The Labute approximate surface area is 206 Å². The molecule has 1 aliphatic carbocycles. The summed E-state index contributed by atoms with van der Waals surface area (Å²) < 4.78 is 11.6. The number of methoxy groups -OCH3 is 1. The van der Waals surface area contributed by atoms with Crippen LogP contribution in [0.2, 0.25) is 0 Å². The van der Waals surface area contributed by atoms with E-state index in [1.165, 1.54) is 0 Å². The van der Waals surface area contributed by atoms with E-state index < -0.39 is 0 Å². The van der Waals surface area contributed by atoms with E-state index in [4.69, 9.17) is 9.47 Å². The molecule has 2 aromatic rings. The van der Waals surface area contributed by atoms with Crippen LogP contribution in [0, 0.1) is 11.8 Å². The molecule has 3 atom stereocenters. The monoisotopic (exact) mass is 481 g/mol. The van der Waals surface area contributed by atoms with Gasteiger partial charge in [-0.2, -0.15) is 0 Å². The highest BCUT2D eigenvalue weighted by molar-refractivity contribution is 5.98. The van der Waals surface area contributed by atoms with Gasteiger partial charge in [-0.3, -0.25) is 9.59 Å². The predicted molar refractivity (Wildman–Crippen MR) is 132 cm³/mol. The zero-order valence-electron chi connectivity index (χ0n) is 20.9. The Hall–Kier alpha value is -3.13. The molecule has 0 bridgehead atoms. The number of rotatable bonds is 7. The molecule has 1 aromatic carbocycles. The Morgan fingerprint density at radius 1 is 1.29 bits per heavy atom. The maximum absolute atomic E-state index is 13.6. The van der Waals surface area contributed by atoms with Crippen molar-refractivity contribution < 1.29 is 24.2 Å². The number of hydrogen-bond acceptors (Lipinski definition) is 6. The smallest absolute Gasteiger partial charge is 0.259 e. The molecule has 2 aliphatic rings. The number of carbonyl (C=O) groups is 2. The summed E-state index contributed by atoms with van der Waals surface area (Å²) in [6.45, 7) is 4.50. The van der Waals surface area contributed by atoms with Crippen LogP contribution in [0.25, 0.3) is 11.1 Å². The lowest BCUT2D eigenvalue weighted by molar-refractivity contribution is -0.138. The van der Waals surface area contributed by atoms with Crippen molar-refractivity contribution in [3.63, 3.8) is 0 Å². The van der Waals surface area contributed by atoms with Crippen molar-refractivity contribution in [1.29, 1.82) is 0 Å². The van der Waals surface area contributed by atoms with Gasteiger partial charge in [0.1, 0.15) is 17.4 Å². The Morgan fingerprint density at radius 3 is 2.60 bits per heavy atom. The normalized spacial score (nSPS) is 21.2. The second-order valence-electron chi connectivity index (χ2n) is 9.77. The van der Waals surface area contributed by atoms with Crippen LogP contribution in [0.3, 0.4) is 0 Å². The van der Waals surface area contributed by atoms with Crippen molar-refractivity contribution >= 4 is 11.8 Å². The average molecular weight is 482 g/mol. The van der Waals surface area contributed by atoms with E-state index in [0.29, 0.717) is 18.7 Å². The van der Waals surface area contributed by atoms with E-state index in [2.05, 4.69) is 4.98 Å². The molecule has 1 aliphatic heterocycles. The number of nitrogens with zero attached hydrogens (tertiary/aromatic N) is 3. The minimum Gasteiger partial charge on any atom is -0.497 e. The van der Waals surface area contributed by atoms with Gasteiger partial charge in [0.15, 0.2) is 0 Å². The Morgan fingerprint density at radius 2 is 2.00 bits per heavy atom. The van der Waals surface area contributed by atoms with Gasteiger partial charge in [-0.25, -0.2) is 4.98 Å². The quantitative estimate of drug-likeness (QED) is 0.653. The maximum atomic E-state index is 13.6. The summed E-state index contributed by atoms with van der Waals surface area (Å²) in [4.78, 5) is 34.4. The molecule has 0 unspecified atom stereocenters. The fraction of sp³-hybridized carbons (Fsp3) is 0.519. The Bertz CT molecular complexity index is 1050. The van der Waals surface area contributed by atoms with E-state index in [1.54, 1.807) is 29.2 Å². The van der Waals surface area contributed by atoms with E-state index in [9.17, 15) is 14.7 Å². The molecule has 0 spiro atoms. The van der Waals surface area contributed by atoms with Crippen LogP contribution in [-0.2, 0) is 4.79 Å². The number of aliphatic hydroxyl groups excluding tert-OH is 1. The zero-order valence-corrected chi connectivity index (χ0v) is 20.9. The largest absolute Gasteiger partial charge is 0.497 e. The molecular weight excluding hydrogens is 446 g/mol. The first-order valence-electron chi connectivity index (χ1n) is 12.3. The lowest BCUT2D eigenvalue weighted by Crippen LogP contribution is -2.51. The number of likely N-dealkylation sites (N-methyl/N-ethyl adjacent to an activating group) is 1. The molecule has 2 amide bonds. The summed E-state index contributed by atoms with van der Waals surface area (Å²) >= 11 is 0. The summed E-state index contributed by atoms with van der Waals surface area (Å²) in [5.41, 5.74) is 2.03. The van der Waals surface area contributed by atoms with E-state index in [-0.39, 0.29) is 48.3 Å². The topological polar surface area (TPSA) is 92.2 Å². The number of pyridine rings is 1. The standard InChI is InChI=1S/C27H35N3O5/c1-17-14-30(18(2)16-31)27(33)23-12-21(19-8-10-22(34-4)11-9-19)13-28-25(23)35-24(17)15-29(3)26(32)20-6-5-7-20/h8-13,17-18,20,24,31H,5-7,14-16H2,1-4H3/t17-,18-,24+/m0/s1. The third-order valence-corrected chi connectivity index (χ3v) is 7.23. The predicted octanol–water partition coefficient (Wildman–Crippen LogP) is 3.24. The van der Waals surface area contributed by atoms with Gasteiger partial charge >= 0.3 is 0 Å². The average Bonchev–Trinajstić information content (AvgIpc) is 2.84. The molecule has 8 heteroatoms. The van der Waals surface area contributed by atoms with Gasteiger partial charge < -0.3 is 24.4 Å². The minimum absolute atomic E-state index is 0.0687. The van der Waals surface area contributed by atoms with Crippen molar-refractivity contribution in [1.82, 2.24) is 14.8 Å². The summed E-state index contributed by atoms with van der Waals surface area (Å²) in [6, 6.07) is 8.97. The van der Waals surface area contributed by atoms with Crippen molar-refractivity contribution in [2.24, 2.45) is 11.8 Å². The summed E-state index contributed by atoms with van der Waals surface area (Å²) in [5.74, 6) is 0.952. The highest BCUT2D eigenvalue weighted by Gasteiger charge is 2.36. The lowest BCUT2D eigenvalue weighted by Gasteiger charge is -2.38. The number of amides is 2. The van der Waals surface area contributed by atoms with Crippen LogP contribution < -0.4 is 9.47 Å². The molecule has 1 N–H and O–H groups in total. The molecule has 4 rings (SSSR count). The summed E-state index contributed by atoms with van der Waals surface area (Å²) in [5, 5.41) is 9.86. The number of benzene rings is 1. The van der Waals surface area contributed by atoms with Crippen LogP contribution >= 0.6 is 0 Å². The fourth-order valence-corrected chi connectivity index (χ4v) is 4.59. The molecule has 188 valence electrons. The van der Waals surface area contributed by atoms with Crippen molar-refractivity contribution in [2.75, 3.05) is 33.9 Å². The second-order valence-corrected chi connectivity index (χ2v) is 9.77. The minimum atomic E-state index is -0.365. The first-order valence-corrected chi connectivity index (χ1v) is 12.3. The summed E-state index contributed by atoms with van der Waals surface area (Å²) in [7, 11) is 3.43. The van der Waals surface area contributed by atoms with Crippen LogP contribution in [-0.4, -0.2) is 77.7 Å². The third-order valence-electron chi connectivity index (χ3n) is 7.23. The first-order chi connectivity index (χ1) is 16.8. The Balaban J connectivity index is 1.67. The van der Waals surface area contributed by atoms with Crippen molar-refractivity contribution in [3.8, 4) is 22.8 Å². The highest BCUT2D eigenvalue weighted by Crippen LogP contribution is 2.32. The SMILES string of the molecule is COc1ccc(-c2cnc3c(c2)C(=O)N([C@@H](C)CO)C[C@H](C)[C@@H](CN(C)C(=O)C2CCC2)O3)cc1. The fourth-order valence-electron chi connectivity index (χ4n) is 4.59. The molecule has 8 nitrogen and oxygen atoms in total. The van der Waals surface area contributed by atoms with Gasteiger partial charge in [0.2, 0.25) is 11.8 Å². The van der Waals surface area contributed by atoms with E-state index in [0.717, 1.165) is 36.1 Å². The highest BCUT2D eigenvalue weighted by atomic mass is 16.5. The molecule has 1 aromatic heterocycles.